The van der Waals surface area contributed by atoms with Crippen LogP contribution in [0.1, 0.15) is 42.9 Å². The van der Waals surface area contributed by atoms with Gasteiger partial charge in [0, 0.05) is 32.0 Å². The van der Waals surface area contributed by atoms with Crippen LogP contribution in [0.2, 0.25) is 0 Å². The normalized spacial score (nSPS) is 19.4. The molecule has 0 radical (unpaired) electrons. The molecule has 1 fully saturated rings. The topological polar surface area (TPSA) is 99.6 Å². The average molecular weight is 497 g/mol. The van der Waals surface area contributed by atoms with Gasteiger partial charge in [-0.25, -0.2) is 13.8 Å². The van der Waals surface area contributed by atoms with Gasteiger partial charge >= 0.3 is 45.8 Å². The molecule has 9 nitrogen and oxygen atoms in total. The molecule has 2 aromatic rings. The van der Waals surface area contributed by atoms with E-state index in [1.807, 2.05) is 7.05 Å². The number of amides is 2. The van der Waals surface area contributed by atoms with E-state index in [0.29, 0.717) is 12.2 Å². The van der Waals surface area contributed by atoms with E-state index in [-0.39, 0.29) is 36.9 Å². The fourth-order valence-electron chi connectivity index (χ4n) is 5.57. The molecule has 5 rings (SSSR count). The van der Waals surface area contributed by atoms with Crippen LogP contribution < -0.4 is 43.9 Å². The van der Waals surface area contributed by atoms with Crippen molar-refractivity contribution in [3.05, 3.63) is 40.7 Å². The zero-order valence-corrected chi connectivity index (χ0v) is 23.1. The van der Waals surface area contributed by atoms with Crippen LogP contribution in [0.15, 0.2) is 18.5 Å². The van der Waals surface area contributed by atoms with E-state index in [1.165, 1.54) is 32.8 Å². The largest absolute Gasteiger partial charge is 1.00 e. The van der Waals surface area contributed by atoms with Gasteiger partial charge in [-0.05, 0) is 86.7 Å². The van der Waals surface area contributed by atoms with E-state index in [9.17, 15) is 13.2 Å². The zero-order chi connectivity index (χ0) is 23.2. The van der Waals surface area contributed by atoms with Crippen molar-refractivity contribution < 1.29 is 44.2 Å². The van der Waals surface area contributed by atoms with Gasteiger partial charge in [-0.15, -0.1) is 0 Å². The van der Waals surface area contributed by atoms with Crippen molar-refractivity contribution in [1.82, 2.24) is 19.4 Å². The number of rotatable bonds is 6. The summed E-state index contributed by atoms with van der Waals surface area (Å²) in [6.07, 6.45) is 10.1. The van der Waals surface area contributed by atoms with Crippen molar-refractivity contribution in [2.24, 2.45) is 13.0 Å². The maximum atomic E-state index is 13.4. The van der Waals surface area contributed by atoms with E-state index in [0.717, 1.165) is 63.7 Å². The predicted molar refractivity (Wildman–Crippen MR) is 129 cm³/mol. The number of carbonyl (C=O) groups is 1. The van der Waals surface area contributed by atoms with Crippen LogP contribution in [0.25, 0.3) is 0 Å². The van der Waals surface area contributed by atoms with Gasteiger partial charge in [-0.2, -0.15) is 13.5 Å². The first-order valence-corrected chi connectivity index (χ1v) is 13.2. The first-order chi connectivity index (χ1) is 15.8. The molecule has 11 heteroatoms. The van der Waals surface area contributed by atoms with Gasteiger partial charge in [0.1, 0.15) is 0 Å². The Morgan fingerprint density at radius 2 is 1.85 bits per heavy atom. The Morgan fingerprint density at radius 3 is 2.41 bits per heavy atom. The van der Waals surface area contributed by atoms with Gasteiger partial charge in [0.15, 0.2) is 0 Å². The number of hydrogen-bond donors (Lipinski definition) is 2. The van der Waals surface area contributed by atoms with Gasteiger partial charge in [-0.3, -0.25) is 4.68 Å². The number of fused-ring (bicyclic) bond motifs is 2. The number of aromatic nitrogens is 2. The number of nitrogens with zero attached hydrogens (tertiary/aromatic N) is 4. The molecule has 0 spiro atoms. The molecular formula is C23H33N6NaO3S. The Hall–Kier alpha value is -1.59. The summed E-state index contributed by atoms with van der Waals surface area (Å²) in [5, 5.41) is 7.06. The van der Waals surface area contributed by atoms with Gasteiger partial charge in [0.05, 0.1) is 11.9 Å². The Labute approximate surface area is 225 Å². The van der Waals surface area contributed by atoms with Crippen molar-refractivity contribution in [2.75, 3.05) is 36.3 Å². The maximum Gasteiger partial charge on any atom is 1.00 e. The summed E-state index contributed by atoms with van der Waals surface area (Å²) in [5.41, 5.74) is 6.19. The molecule has 2 aliphatic carbocycles. The summed E-state index contributed by atoms with van der Waals surface area (Å²) in [6.45, 7) is 2.05. The van der Waals surface area contributed by atoms with E-state index in [2.05, 4.69) is 26.1 Å². The number of benzene rings is 1. The molecule has 180 valence electrons. The predicted octanol–water partition coefficient (Wildman–Crippen LogP) is -0.661. The number of carbonyl (C=O) groups excluding carboxylic acids is 1. The molecule has 3 aliphatic rings. The molecule has 2 N–H and O–H groups in total. The SMILES string of the molecule is CN1CCC(CN(c2cnn(C)c2)S(=O)(=O)NC(=O)Nc2c3c(cc4c2CCC4)CCC3)C1.[H-].[Na+]. The van der Waals surface area contributed by atoms with Gasteiger partial charge in [0.2, 0.25) is 0 Å². The minimum Gasteiger partial charge on any atom is -1.00 e. The molecule has 1 unspecified atom stereocenters. The summed E-state index contributed by atoms with van der Waals surface area (Å²) < 4.78 is 31.9. The fraction of sp³-hybridized carbons (Fsp3) is 0.565. The third-order valence-electron chi connectivity index (χ3n) is 7.12. The summed E-state index contributed by atoms with van der Waals surface area (Å²) in [4.78, 5) is 15.2. The summed E-state index contributed by atoms with van der Waals surface area (Å²) in [7, 11) is -0.338. The summed E-state index contributed by atoms with van der Waals surface area (Å²) in [6, 6.07) is 1.58. The van der Waals surface area contributed by atoms with Crippen molar-refractivity contribution in [3.8, 4) is 0 Å². The van der Waals surface area contributed by atoms with Crippen molar-refractivity contribution in [2.45, 2.75) is 44.9 Å². The van der Waals surface area contributed by atoms with Crippen LogP contribution >= 0.6 is 0 Å². The van der Waals surface area contributed by atoms with Crippen LogP contribution in [0.4, 0.5) is 16.2 Å². The van der Waals surface area contributed by atoms with Crippen LogP contribution in [0, 0.1) is 5.92 Å². The van der Waals surface area contributed by atoms with Gasteiger partial charge in [0.25, 0.3) is 0 Å². The monoisotopic (exact) mass is 496 g/mol. The molecule has 1 aliphatic heterocycles. The molecular weight excluding hydrogens is 463 g/mol. The Kier molecular flexibility index (Phi) is 7.64. The number of urea groups is 1. The Morgan fingerprint density at radius 1 is 1.18 bits per heavy atom. The van der Waals surface area contributed by atoms with Crippen LogP contribution in [-0.2, 0) is 42.9 Å². The zero-order valence-electron chi connectivity index (χ0n) is 21.3. The molecule has 1 atom stereocenters. The van der Waals surface area contributed by atoms with E-state index in [4.69, 9.17) is 0 Å². The molecule has 2 amide bonds. The second kappa shape index (κ2) is 10.2. The standard InChI is InChI=1S/C23H32N6O3S.Na.H/c1-27-10-9-16(13-27)14-29(19-12-24-28(2)15-19)33(31,32)26-23(30)25-22-20-7-3-5-17(20)11-18-6-4-8-21(18)22;;/h11-12,15-16H,3-10,13-14H2,1-2H3,(H2,25,26,30);;/q;+1;-1. The number of anilines is 2. The van der Waals surface area contributed by atoms with Crippen molar-refractivity contribution in [3.63, 3.8) is 0 Å². The molecule has 2 heterocycles. The quantitative estimate of drug-likeness (QED) is 0.518. The molecule has 0 bridgehead atoms. The van der Waals surface area contributed by atoms with Crippen molar-refractivity contribution in [1.29, 1.82) is 0 Å². The number of nitrogens with one attached hydrogen (secondary N) is 2. The van der Waals surface area contributed by atoms with E-state index in [1.54, 1.807) is 17.9 Å². The Balaban J connectivity index is 0.00000171. The average Bonchev–Trinajstić information content (AvgIpc) is 3.53. The minimum atomic E-state index is -4.12. The first kappa shape index (κ1) is 25.5. The second-order valence-electron chi connectivity index (χ2n) is 9.62. The summed E-state index contributed by atoms with van der Waals surface area (Å²) >= 11 is 0. The summed E-state index contributed by atoms with van der Waals surface area (Å²) in [5.74, 6) is 0.190. The Bertz CT molecular complexity index is 1160. The van der Waals surface area contributed by atoms with Crippen LogP contribution in [0.3, 0.4) is 0 Å². The van der Waals surface area contributed by atoms with E-state index < -0.39 is 16.2 Å². The number of likely N-dealkylation sites (tertiary alicyclic amines) is 1. The molecule has 1 aromatic carbocycles. The van der Waals surface area contributed by atoms with Crippen LogP contribution in [-0.4, -0.2) is 55.8 Å². The number of hydrogen-bond acceptors (Lipinski definition) is 5. The fourth-order valence-corrected chi connectivity index (χ4v) is 6.74. The maximum absolute atomic E-state index is 13.4. The number of aryl methyl sites for hydroxylation is 3. The molecule has 1 saturated heterocycles. The molecule has 0 saturated carbocycles. The third-order valence-corrected chi connectivity index (χ3v) is 8.50. The molecule has 34 heavy (non-hydrogen) atoms. The van der Waals surface area contributed by atoms with Gasteiger partial charge < -0.3 is 11.6 Å². The van der Waals surface area contributed by atoms with Gasteiger partial charge in [-0.1, -0.05) is 6.07 Å². The smallest absolute Gasteiger partial charge is 1.00 e. The minimum absolute atomic E-state index is 0. The first-order valence-electron chi connectivity index (χ1n) is 11.8. The van der Waals surface area contributed by atoms with E-state index >= 15 is 0 Å². The second-order valence-corrected chi connectivity index (χ2v) is 11.2. The van der Waals surface area contributed by atoms with Crippen molar-refractivity contribution >= 4 is 27.6 Å². The van der Waals surface area contributed by atoms with Crippen LogP contribution in [0.5, 0.6) is 0 Å². The molecule has 1 aromatic heterocycles. The third kappa shape index (κ3) is 5.16.